The van der Waals surface area contributed by atoms with E-state index >= 15 is 0 Å². The Kier molecular flexibility index (Phi) is 3.76. The van der Waals surface area contributed by atoms with Crippen LogP contribution in [0.3, 0.4) is 0 Å². The van der Waals surface area contributed by atoms with Gasteiger partial charge in [-0.05, 0) is 26.0 Å². The van der Waals surface area contributed by atoms with Gasteiger partial charge in [0.05, 0.1) is 0 Å². The molecule has 114 valence electrons. The van der Waals surface area contributed by atoms with Gasteiger partial charge < -0.3 is 0 Å². The van der Waals surface area contributed by atoms with Crippen LogP contribution in [0.25, 0.3) is 11.4 Å². The predicted molar refractivity (Wildman–Crippen MR) is 67.1 cm³/mol. The van der Waals surface area contributed by atoms with Crippen molar-refractivity contribution < 1.29 is 21.6 Å². The first-order valence-corrected chi connectivity index (χ1v) is 7.30. The number of sulfonamides is 1. The maximum Gasteiger partial charge on any atom is 0.273 e. The lowest BCUT2D eigenvalue weighted by atomic mass is 10.2. The third-order valence-electron chi connectivity index (χ3n) is 2.68. The van der Waals surface area contributed by atoms with Crippen LogP contribution in [0.4, 0.5) is 13.2 Å². The average molecular weight is 320 g/mol. The minimum absolute atomic E-state index is 0.133. The maximum atomic E-state index is 13.3. The Morgan fingerprint density at radius 3 is 2.10 bits per heavy atom. The van der Waals surface area contributed by atoms with Gasteiger partial charge in [0.1, 0.15) is 0 Å². The molecular formula is C11H11F3N4O2S. The first-order valence-electron chi connectivity index (χ1n) is 5.75. The first kappa shape index (κ1) is 15.4. The van der Waals surface area contributed by atoms with E-state index in [-0.39, 0.29) is 11.4 Å². The number of hydrogen-bond acceptors (Lipinski definition) is 4. The molecule has 0 fully saturated rings. The van der Waals surface area contributed by atoms with Gasteiger partial charge in [0.15, 0.2) is 23.3 Å². The summed E-state index contributed by atoms with van der Waals surface area (Å²) >= 11 is 0. The normalized spacial score (nSPS) is 12.1. The summed E-state index contributed by atoms with van der Waals surface area (Å²) in [6.07, 6.45) is 0. The van der Waals surface area contributed by atoms with E-state index in [0.29, 0.717) is 12.1 Å². The highest BCUT2D eigenvalue weighted by molar-refractivity contribution is 7.89. The van der Waals surface area contributed by atoms with E-state index < -0.39 is 38.7 Å². The van der Waals surface area contributed by atoms with Crippen LogP contribution in [0.1, 0.15) is 19.9 Å². The van der Waals surface area contributed by atoms with E-state index in [2.05, 4.69) is 10.2 Å². The fraction of sp³-hybridized carbons (Fsp3) is 0.273. The standard InChI is InChI=1S/C11H11F3N4O2S/c1-5(2)18-10(16-17-11(18)21(15,19)20)6-3-7(12)9(14)8(13)4-6/h3-5H,1-2H3,(H2,15,19,20). The summed E-state index contributed by atoms with van der Waals surface area (Å²) in [6, 6.07) is 0.946. The zero-order valence-corrected chi connectivity index (χ0v) is 11.8. The van der Waals surface area contributed by atoms with Crippen LogP contribution in [0.15, 0.2) is 17.3 Å². The van der Waals surface area contributed by atoms with E-state index in [0.717, 1.165) is 4.57 Å². The Morgan fingerprint density at radius 1 is 1.14 bits per heavy atom. The second-order valence-corrected chi connectivity index (χ2v) is 6.02. The van der Waals surface area contributed by atoms with Gasteiger partial charge in [-0.1, -0.05) is 0 Å². The van der Waals surface area contributed by atoms with Crippen LogP contribution in [-0.2, 0) is 10.0 Å². The van der Waals surface area contributed by atoms with E-state index in [1.54, 1.807) is 13.8 Å². The third kappa shape index (κ3) is 2.76. The van der Waals surface area contributed by atoms with Crippen molar-refractivity contribution in [1.82, 2.24) is 14.8 Å². The molecule has 0 saturated heterocycles. The van der Waals surface area contributed by atoms with Gasteiger partial charge in [-0.15, -0.1) is 10.2 Å². The SMILES string of the molecule is CC(C)n1c(-c2cc(F)c(F)c(F)c2)nnc1S(N)(=O)=O. The van der Waals surface area contributed by atoms with Crippen LogP contribution in [0, 0.1) is 17.5 Å². The predicted octanol–water partition coefficient (Wildman–Crippen LogP) is 1.59. The van der Waals surface area contributed by atoms with E-state index in [1.165, 1.54) is 0 Å². The van der Waals surface area contributed by atoms with Gasteiger partial charge in [-0.2, -0.15) is 0 Å². The molecule has 0 radical (unpaired) electrons. The number of nitrogens with zero attached hydrogens (tertiary/aromatic N) is 3. The van der Waals surface area contributed by atoms with Crippen LogP contribution >= 0.6 is 0 Å². The zero-order chi connectivity index (χ0) is 15.9. The molecule has 0 aliphatic carbocycles. The molecule has 21 heavy (non-hydrogen) atoms. The second-order valence-electron chi connectivity index (χ2n) is 4.57. The highest BCUT2D eigenvalue weighted by Gasteiger charge is 2.25. The van der Waals surface area contributed by atoms with Crippen molar-refractivity contribution in [3.8, 4) is 11.4 Å². The van der Waals surface area contributed by atoms with Gasteiger partial charge in [0.25, 0.3) is 15.2 Å². The van der Waals surface area contributed by atoms with Crippen molar-refractivity contribution in [1.29, 1.82) is 0 Å². The Bertz CT molecular complexity index is 779. The molecule has 0 amide bonds. The molecule has 2 rings (SSSR count). The summed E-state index contributed by atoms with van der Waals surface area (Å²) in [4.78, 5) is 0. The van der Waals surface area contributed by atoms with Crippen LogP contribution in [0.2, 0.25) is 0 Å². The topological polar surface area (TPSA) is 90.9 Å². The minimum Gasteiger partial charge on any atom is -0.294 e. The smallest absolute Gasteiger partial charge is 0.273 e. The highest BCUT2D eigenvalue weighted by atomic mass is 32.2. The fourth-order valence-electron chi connectivity index (χ4n) is 1.82. The average Bonchev–Trinajstić information content (AvgIpc) is 2.79. The van der Waals surface area contributed by atoms with Gasteiger partial charge in [-0.25, -0.2) is 26.7 Å². The number of halogens is 3. The summed E-state index contributed by atoms with van der Waals surface area (Å²) < 4.78 is 63.5. The second kappa shape index (κ2) is 5.11. The molecule has 0 aliphatic rings. The molecule has 2 N–H and O–H groups in total. The van der Waals surface area contributed by atoms with E-state index in [1.807, 2.05) is 0 Å². The van der Waals surface area contributed by atoms with E-state index in [4.69, 9.17) is 5.14 Å². The van der Waals surface area contributed by atoms with Crippen molar-refractivity contribution in [2.45, 2.75) is 25.0 Å². The number of nitrogens with two attached hydrogens (primary N) is 1. The van der Waals surface area contributed by atoms with Crippen molar-refractivity contribution in [2.75, 3.05) is 0 Å². The molecular weight excluding hydrogens is 309 g/mol. The lowest BCUT2D eigenvalue weighted by molar-refractivity contribution is 0.447. The fourth-order valence-corrected chi connectivity index (χ4v) is 2.54. The molecule has 2 aromatic rings. The van der Waals surface area contributed by atoms with Crippen LogP contribution in [0.5, 0.6) is 0 Å². The quantitative estimate of drug-likeness (QED) is 0.870. The number of benzene rings is 1. The highest BCUT2D eigenvalue weighted by Crippen LogP contribution is 2.26. The molecule has 0 unspecified atom stereocenters. The van der Waals surface area contributed by atoms with Crippen molar-refractivity contribution in [3.63, 3.8) is 0 Å². The Morgan fingerprint density at radius 2 is 1.67 bits per heavy atom. The van der Waals surface area contributed by atoms with Gasteiger partial charge in [0, 0.05) is 11.6 Å². The molecule has 6 nitrogen and oxygen atoms in total. The summed E-state index contributed by atoms with van der Waals surface area (Å²) in [5.74, 6) is -4.59. The Hall–Kier alpha value is -1.94. The molecule has 0 saturated carbocycles. The van der Waals surface area contributed by atoms with E-state index in [9.17, 15) is 21.6 Å². The Balaban J connectivity index is 2.74. The molecule has 1 heterocycles. The van der Waals surface area contributed by atoms with Gasteiger partial charge in [-0.3, -0.25) is 4.57 Å². The van der Waals surface area contributed by atoms with Crippen molar-refractivity contribution in [3.05, 3.63) is 29.6 Å². The number of hydrogen-bond donors (Lipinski definition) is 1. The summed E-state index contributed by atoms with van der Waals surface area (Å²) in [7, 11) is -4.17. The monoisotopic (exact) mass is 320 g/mol. The van der Waals surface area contributed by atoms with Crippen LogP contribution < -0.4 is 5.14 Å². The molecule has 0 spiro atoms. The number of aromatic nitrogens is 3. The molecule has 1 aromatic heterocycles. The molecule has 0 atom stereocenters. The van der Waals surface area contributed by atoms with Crippen molar-refractivity contribution >= 4 is 10.0 Å². The van der Waals surface area contributed by atoms with Gasteiger partial charge in [0.2, 0.25) is 0 Å². The minimum atomic E-state index is -4.17. The number of primary sulfonamides is 1. The largest absolute Gasteiger partial charge is 0.294 e. The molecule has 10 heteroatoms. The molecule has 0 aliphatic heterocycles. The summed E-state index contributed by atoms with van der Waals surface area (Å²) in [5, 5.41) is 11.5. The summed E-state index contributed by atoms with van der Waals surface area (Å²) in [6.45, 7) is 3.22. The lowest BCUT2D eigenvalue weighted by Gasteiger charge is -2.13. The molecule has 1 aromatic carbocycles. The zero-order valence-electron chi connectivity index (χ0n) is 11.0. The Labute approximate surface area is 118 Å². The lowest BCUT2D eigenvalue weighted by Crippen LogP contribution is -2.20. The van der Waals surface area contributed by atoms with Crippen LogP contribution in [-0.4, -0.2) is 23.2 Å². The van der Waals surface area contributed by atoms with Crippen molar-refractivity contribution in [2.24, 2.45) is 5.14 Å². The third-order valence-corrected chi connectivity index (χ3v) is 3.46. The number of rotatable bonds is 3. The maximum absolute atomic E-state index is 13.3. The first-order chi connectivity index (χ1) is 9.62. The summed E-state index contributed by atoms with van der Waals surface area (Å²) in [5.41, 5.74) is -0.150. The molecule has 0 bridgehead atoms. The van der Waals surface area contributed by atoms with Gasteiger partial charge >= 0.3 is 0 Å².